The first-order chi connectivity index (χ1) is 12.1. The van der Waals surface area contributed by atoms with Crippen LogP contribution < -0.4 is 21.9 Å². The summed E-state index contributed by atoms with van der Waals surface area (Å²) >= 11 is 0. The van der Waals surface area contributed by atoms with Crippen LogP contribution in [0.4, 0.5) is 10.2 Å². The number of nitrogens with two attached hydrogens (primary N) is 1. The van der Waals surface area contributed by atoms with Gasteiger partial charge in [0.05, 0.1) is 13.4 Å². The largest absolute Gasteiger partial charge is 0.503 e. The molecule has 1 unspecified atom stereocenters. The monoisotopic (exact) mass is 353 g/mol. The fourth-order valence-corrected chi connectivity index (χ4v) is 2.81. The molecule has 8 nitrogen and oxygen atoms in total. The van der Waals surface area contributed by atoms with Crippen LogP contribution in [0.25, 0.3) is 0 Å². The lowest BCUT2D eigenvalue weighted by atomic mass is 10.1. The average molecular weight is 353 g/mol. The van der Waals surface area contributed by atoms with Crippen LogP contribution in [-0.4, -0.2) is 46.9 Å². The third kappa shape index (κ3) is 4.79. The van der Waals surface area contributed by atoms with Crippen LogP contribution in [0.15, 0.2) is 22.0 Å². The van der Waals surface area contributed by atoms with Gasteiger partial charge in [-0.3, -0.25) is 14.2 Å². The predicted molar refractivity (Wildman–Crippen MR) is 93.2 cm³/mol. The molecular weight excluding hydrogens is 329 g/mol. The number of rotatable bonds is 3. The van der Waals surface area contributed by atoms with Crippen LogP contribution in [0, 0.1) is 5.92 Å². The third-order valence-electron chi connectivity index (χ3n) is 4.32. The Morgan fingerprint density at radius 3 is 2.68 bits per heavy atom. The first-order valence-corrected chi connectivity index (χ1v) is 8.20. The molecule has 1 aromatic heterocycles. The third-order valence-corrected chi connectivity index (χ3v) is 4.32. The number of nitrogens with zero attached hydrogens (tertiary/aromatic N) is 2. The minimum Gasteiger partial charge on any atom is -0.503 e. The summed E-state index contributed by atoms with van der Waals surface area (Å²) in [5, 5.41) is 10.2. The van der Waals surface area contributed by atoms with E-state index >= 15 is 0 Å². The van der Waals surface area contributed by atoms with Gasteiger partial charge >= 0.3 is 5.69 Å². The van der Waals surface area contributed by atoms with Crippen LogP contribution in [0.1, 0.15) is 30.7 Å². The molecule has 0 radical (unpaired) electrons. The summed E-state index contributed by atoms with van der Waals surface area (Å²) in [4.78, 5) is 34.6. The Morgan fingerprint density at radius 2 is 2.08 bits per heavy atom. The maximum Gasteiger partial charge on any atom is 0.325 e. The van der Waals surface area contributed by atoms with Crippen molar-refractivity contribution in [3.8, 4) is 5.75 Å². The number of alkyl halides is 1. The lowest BCUT2D eigenvalue weighted by Gasteiger charge is -2.17. The fourth-order valence-electron chi connectivity index (χ4n) is 2.81. The van der Waals surface area contributed by atoms with Crippen LogP contribution >= 0.6 is 0 Å². The van der Waals surface area contributed by atoms with Crippen LogP contribution in [0.2, 0.25) is 0 Å². The van der Waals surface area contributed by atoms with E-state index in [1.54, 1.807) is 0 Å². The number of hydrogen-bond acceptors (Lipinski definition) is 6. The Labute approximate surface area is 144 Å². The van der Waals surface area contributed by atoms with Crippen molar-refractivity contribution in [3.05, 3.63) is 38.8 Å². The van der Waals surface area contributed by atoms with E-state index in [-0.39, 0.29) is 11.7 Å². The highest BCUT2D eigenvalue weighted by Gasteiger charge is 2.27. The van der Waals surface area contributed by atoms with E-state index < -0.39 is 11.2 Å². The molecule has 5 N–H and O–H groups in total. The topological polar surface area (TPSA) is 128 Å². The summed E-state index contributed by atoms with van der Waals surface area (Å²) in [6.45, 7) is 2.00. The van der Waals surface area contributed by atoms with Crippen molar-refractivity contribution < 1.29 is 9.50 Å². The van der Waals surface area contributed by atoms with Crippen LogP contribution in [-0.2, 0) is 0 Å². The highest BCUT2D eigenvalue weighted by molar-refractivity contribution is 5.50. The number of aromatic nitrogens is 3. The summed E-state index contributed by atoms with van der Waals surface area (Å²) < 4.78 is 9.50. The molecule has 1 aliphatic carbocycles. The Bertz CT molecular complexity index is 758. The van der Waals surface area contributed by atoms with Gasteiger partial charge in [-0.25, -0.2) is 9.78 Å². The molecule has 1 saturated heterocycles. The lowest BCUT2D eigenvalue weighted by Crippen LogP contribution is -2.24. The standard InChI is InChI=1S/C15H21N5O3.CH3F/c16-5-9-3-4-20(8-9)13-12(21)7-18-15(23)19-14(22)11(6-17-13)10-1-2-10;1-2/h6-7,9-10,21H,1-5,8,16H2,(H2,18,19,22,23);1H3. The quantitative estimate of drug-likeness (QED) is 0.628. The SMILES string of the molecule is CF.NCC1CCN(c2ncc(C3CC3)c(=O)[nH]c(=O)[nH]cc2O)C1. The summed E-state index contributed by atoms with van der Waals surface area (Å²) in [6.07, 6.45) is 5.36. The summed E-state index contributed by atoms with van der Waals surface area (Å²) in [5.74, 6) is 0.701. The van der Waals surface area contributed by atoms with Crippen molar-refractivity contribution in [2.45, 2.75) is 25.2 Å². The fraction of sp³-hybridized carbons (Fsp3) is 0.562. The van der Waals surface area contributed by atoms with Crippen LogP contribution in [0.5, 0.6) is 5.75 Å². The molecule has 138 valence electrons. The average Bonchev–Trinajstić information content (AvgIpc) is 3.34. The zero-order valence-corrected chi connectivity index (χ0v) is 14.2. The van der Waals surface area contributed by atoms with Crippen molar-refractivity contribution in [2.24, 2.45) is 11.7 Å². The number of halogens is 1. The minimum atomic E-state index is -0.671. The molecular formula is C16H24FN5O3. The lowest BCUT2D eigenvalue weighted by molar-refractivity contribution is 0.470. The molecule has 0 amide bonds. The zero-order chi connectivity index (χ0) is 18.4. The van der Waals surface area contributed by atoms with E-state index in [1.165, 1.54) is 6.20 Å². The number of aromatic hydroxyl groups is 1. The van der Waals surface area contributed by atoms with Gasteiger partial charge in [0.2, 0.25) is 0 Å². The van der Waals surface area contributed by atoms with Gasteiger partial charge in [0.1, 0.15) is 0 Å². The smallest absolute Gasteiger partial charge is 0.325 e. The second-order valence-electron chi connectivity index (χ2n) is 6.11. The first kappa shape index (κ1) is 18.9. The van der Waals surface area contributed by atoms with E-state index in [4.69, 9.17) is 5.73 Å². The number of hydrogen-bond donors (Lipinski definition) is 4. The molecule has 3 rings (SSSR count). The molecule has 9 heteroatoms. The molecule has 2 heterocycles. The van der Waals surface area contributed by atoms with E-state index in [0.717, 1.165) is 32.0 Å². The molecule has 0 aromatic carbocycles. The maximum absolute atomic E-state index is 12.1. The second-order valence-corrected chi connectivity index (χ2v) is 6.11. The van der Waals surface area contributed by atoms with Crippen molar-refractivity contribution in [1.29, 1.82) is 0 Å². The Hall–Kier alpha value is -2.42. The molecule has 1 aliphatic heterocycles. The number of H-pyrrole nitrogens is 2. The molecule has 25 heavy (non-hydrogen) atoms. The van der Waals surface area contributed by atoms with Gasteiger partial charge in [-0.1, -0.05) is 0 Å². The molecule has 1 saturated carbocycles. The van der Waals surface area contributed by atoms with E-state index in [9.17, 15) is 19.1 Å². The van der Waals surface area contributed by atoms with Crippen LogP contribution in [0.3, 0.4) is 0 Å². The van der Waals surface area contributed by atoms with Crippen molar-refractivity contribution >= 4 is 5.82 Å². The predicted octanol–water partition coefficient (Wildman–Crippen LogP) is 0.536. The van der Waals surface area contributed by atoms with Gasteiger partial charge in [-0.15, -0.1) is 0 Å². The Kier molecular flexibility index (Phi) is 6.51. The first-order valence-electron chi connectivity index (χ1n) is 8.20. The minimum absolute atomic E-state index is 0.133. The van der Waals surface area contributed by atoms with Gasteiger partial charge in [-0.2, -0.15) is 0 Å². The summed E-state index contributed by atoms with van der Waals surface area (Å²) in [6, 6.07) is 0. The van der Waals surface area contributed by atoms with Crippen molar-refractivity contribution in [1.82, 2.24) is 15.0 Å². The molecule has 1 atom stereocenters. The van der Waals surface area contributed by atoms with Gasteiger partial charge < -0.3 is 20.7 Å². The number of anilines is 1. The summed E-state index contributed by atoms with van der Waals surface area (Å²) in [7, 11) is 0.500. The second kappa shape index (κ2) is 8.61. The van der Waals surface area contributed by atoms with Gasteiger partial charge in [-0.05, 0) is 37.6 Å². The van der Waals surface area contributed by atoms with E-state index in [2.05, 4.69) is 15.0 Å². The van der Waals surface area contributed by atoms with Crippen molar-refractivity contribution in [3.63, 3.8) is 0 Å². The highest BCUT2D eigenvalue weighted by Crippen LogP contribution is 2.37. The normalized spacial score (nSPS) is 19.0. The molecule has 1 aromatic rings. The number of aromatic amines is 2. The Balaban J connectivity index is 0.00000109. The van der Waals surface area contributed by atoms with Gasteiger partial charge in [0, 0.05) is 24.8 Å². The maximum atomic E-state index is 12.1. The molecule has 2 fully saturated rings. The molecule has 0 spiro atoms. The van der Waals surface area contributed by atoms with Crippen molar-refractivity contribution in [2.75, 3.05) is 31.7 Å². The highest BCUT2D eigenvalue weighted by atomic mass is 19.1. The van der Waals surface area contributed by atoms with Gasteiger partial charge in [0.15, 0.2) is 11.6 Å². The molecule has 0 bridgehead atoms. The molecule has 2 aliphatic rings. The van der Waals surface area contributed by atoms with E-state index in [0.29, 0.717) is 37.6 Å². The summed E-state index contributed by atoms with van der Waals surface area (Å²) in [5.41, 5.74) is 5.07. The van der Waals surface area contributed by atoms with Gasteiger partial charge in [0.25, 0.3) is 5.56 Å². The zero-order valence-electron chi connectivity index (χ0n) is 14.2. The van der Waals surface area contributed by atoms with E-state index in [1.807, 2.05) is 4.90 Å². The number of nitrogens with one attached hydrogen (secondary N) is 2. The Morgan fingerprint density at radius 1 is 1.36 bits per heavy atom.